The van der Waals surface area contributed by atoms with Crippen LogP contribution in [0.15, 0.2) is 40.1 Å². The summed E-state index contributed by atoms with van der Waals surface area (Å²) >= 11 is 0. The van der Waals surface area contributed by atoms with Crippen molar-refractivity contribution in [3.8, 4) is 17.8 Å². The lowest BCUT2D eigenvalue weighted by Gasteiger charge is -2.13. The number of hydrogen-bond donors (Lipinski definition) is 0. The zero-order chi connectivity index (χ0) is 17.0. The predicted octanol–water partition coefficient (Wildman–Crippen LogP) is 2.11. The summed E-state index contributed by atoms with van der Waals surface area (Å²) in [6, 6.07) is 12.3. The summed E-state index contributed by atoms with van der Waals surface area (Å²) in [5.74, 6) is 0.203. The number of aliphatic imine (C=N–C) groups is 1. The maximum Gasteiger partial charge on any atom is 0.274 e. The Balaban J connectivity index is 2.86. The summed E-state index contributed by atoms with van der Waals surface area (Å²) < 4.78 is 1.29. The summed E-state index contributed by atoms with van der Waals surface area (Å²) in [4.78, 5) is 18.5. The quantitative estimate of drug-likeness (QED) is 0.642. The molecule has 0 N–H and O–H groups in total. The van der Waals surface area contributed by atoms with Crippen molar-refractivity contribution in [3.05, 3.63) is 57.4 Å². The molecule has 0 aliphatic rings. The highest BCUT2D eigenvalue weighted by Gasteiger charge is 2.15. The molecular weight excluding hydrogens is 290 g/mol. The first-order chi connectivity index (χ1) is 11.0. The highest BCUT2D eigenvalue weighted by Crippen LogP contribution is 2.22. The van der Waals surface area contributed by atoms with Gasteiger partial charge in [-0.3, -0.25) is 9.36 Å². The third-order valence-corrected chi connectivity index (χ3v) is 3.12. The van der Waals surface area contributed by atoms with Crippen LogP contribution in [0.3, 0.4) is 0 Å². The molecule has 23 heavy (non-hydrogen) atoms. The van der Waals surface area contributed by atoms with Gasteiger partial charge in [0.05, 0.1) is 17.6 Å². The number of nitriles is 2. The van der Waals surface area contributed by atoms with Gasteiger partial charge in [0.25, 0.3) is 5.56 Å². The lowest BCUT2D eigenvalue weighted by molar-refractivity contribution is 0.642. The molecule has 0 atom stereocenters. The third-order valence-electron chi connectivity index (χ3n) is 3.12. The molecule has 6 nitrogen and oxygen atoms in total. The van der Waals surface area contributed by atoms with Crippen molar-refractivity contribution >= 4 is 12.2 Å². The van der Waals surface area contributed by atoms with Crippen molar-refractivity contribution in [2.75, 3.05) is 14.1 Å². The fraction of sp³-hybridized carbons (Fsp3) is 0.176. The minimum Gasteiger partial charge on any atom is -0.369 e. The van der Waals surface area contributed by atoms with Crippen LogP contribution in [0.1, 0.15) is 16.7 Å². The van der Waals surface area contributed by atoms with Crippen LogP contribution in [-0.2, 0) is 0 Å². The van der Waals surface area contributed by atoms with Crippen molar-refractivity contribution in [2.24, 2.45) is 4.99 Å². The van der Waals surface area contributed by atoms with Crippen LogP contribution < -0.4 is 5.56 Å². The molecular formula is C17H15N5O. The van der Waals surface area contributed by atoms with E-state index in [4.69, 9.17) is 5.26 Å². The van der Waals surface area contributed by atoms with E-state index in [9.17, 15) is 10.1 Å². The Morgan fingerprint density at radius 2 is 1.74 bits per heavy atom. The SMILES string of the molecule is Cc1ccc(-n2c(/N=C/N(C)C)c(C#N)cc(C#N)c2=O)cc1. The van der Waals surface area contributed by atoms with E-state index >= 15 is 0 Å². The Morgan fingerprint density at radius 1 is 1.13 bits per heavy atom. The Labute approximate surface area is 134 Å². The summed E-state index contributed by atoms with van der Waals surface area (Å²) in [6.45, 7) is 1.93. The normalized spacial score (nSPS) is 10.3. The second-order valence-corrected chi connectivity index (χ2v) is 5.20. The van der Waals surface area contributed by atoms with Gasteiger partial charge in [0.2, 0.25) is 0 Å². The number of hydrogen-bond acceptors (Lipinski definition) is 4. The zero-order valence-corrected chi connectivity index (χ0v) is 13.1. The lowest BCUT2D eigenvalue weighted by Crippen LogP contribution is -2.22. The molecule has 0 bridgehead atoms. The first kappa shape index (κ1) is 16.0. The summed E-state index contributed by atoms with van der Waals surface area (Å²) in [7, 11) is 3.57. The molecule has 0 amide bonds. The maximum absolute atomic E-state index is 12.6. The number of rotatable bonds is 3. The van der Waals surface area contributed by atoms with Gasteiger partial charge in [-0.2, -0.15) is 10.5 Å². The number of nitrogens with zero attached hydrogens (tertiary/aromatic N) is 5. The molecule has 1 aromatic heterocycles. The molecule has 6 heteroatoms. The molecule has 0 fully saturated rings. The fourth-order valence-corrected chi connectivity index (χ4v) is 2.00. The van der Waals surface area contributed by atoms with Crippen molar-refractivity contribution < 1.29 is 0 Å². The average Bonchev–Trinajstić information content (AvgIpc) is 2.54. The van der Waals surface area contributed by atoms with Crippen molar-refractivity contribution in [3.63, 3.8) is 0 Å². The molecule has 0 aliphatic heterocycles. The first-order valence-electron chi connectivity index (χ1n) is 6.86. The smallest absolute Gasteiger partial charge is 0.274 e. The highest BCUT2D eigenvalue weighted by molar-refractivity contribution is 5.65. The van der Waals surface area contributed by atoms with Crippen LogP contribution in [-0.4, -0.2) is 29.9 Å². The van der Waals surface area contributed by atoms with E-state index in [1.54, 1.807) is 31.1 Å². The van der Waals surface area contributed by atoms with E-state index in [2.05, 4.69) is 4.99 Å². The topological polar surface area (TPSA) is 85.2 Å². The maximum atomic E-state index is 12.6. The summed E-state index contributed by atoms with van der Waals surface area (Å²) in [5, 5.41) is 18.5. The van der Waals surface area contributed by atoms with Crippen LogP contribution in [0.5, 0.6) is 0 Å². The largest absolute Gasteiger partial charge is 0.369 e. The molecule has 0 radical (unpaired) electrons. The fourth-order valence-electron chi connectivity index (χ4n) is 2.00. The highest BCUT2D eigenvalue weighted by atomic mass is 16.1. The summed E-state index contributed by atoms with van der Waals surface area (Å²) in [6.07, 6.45) is 1.51. The number of pyridine rings is 1. The van der Waals surface area contributed by atoms with E-state index in [1.807, 2.05) is 31.2 Å². The van der Waals surface area contributed by atoms with Gasteiger partial charge in [-0.15, -0.1) is 0 Å². The van der Waals surface area contributed by atoms with Gasteiger partial charge in [-0.05, 0) is 25.1 Å². The minimum absolute atomic E-state index is 0.0917. The van der Waals surface area contributed by atoms with Crippen LogP contribution >= 0.6 is 0 Å². The van der Waals surface area contributed by atoms with Gasteiger partial charge in [0.1, 0.15) is 17.7 Å². The van der Waals surface area contributed by atoms with Crippen LogP contribution in [0.2, 0.25) is 0 Å². The van der Waals surface area contributed by atoms with Crippen molar-refractivity contribution in [2.45, 2.75) is 6.92 Å². The number of aromatic nitrogens is 1. The van der Waals surface area contributed by atoms with Gasteiger partial charge in [0.15, 0.2) is 5.82 Å². The molecule has 1 aromatic carbocycles. The standard InChI is InChI=1S/C17H15N5O/c1-12-4-6-15(7-5-12)22-16(20-11-21(2)3)13(9-18)8-14(10-19)17(22)23/h4-8,11H,1-3H3/b20-11+. The second-order valence-electron chi connectivity index (χ2n) is 5.20. The molecule has 2 rings (SSSR count). The average molecular weight is 305 g/mol. The monoisotopic (exact) mass is 305 g/mol. The van der Waals surface area contributed by atoms with Crippen LogP contribution in [0.25, 0.3) is 5.69 Å². The first-order valence-corrected chi connectivity index (χ1v) is 6.86. The summed E-state index contributed by atoms with van der Waals surface area (Å²) in [5.41, 5.74) is 1.17. The predicted molar refractivity (Wildman–Crippen MR) is 88.0 cm³/mol. The minimum atomic E-state index is -0.499. The number of benzene rings is 1. The van der Waals surface area contributed by atoms with Crippen LogP contribution in [0.4, 0.5) is 5.82 Å². The molecule has 0 saturated heterocycles. The van der Waals surface area contributed by atoms with E-state index < -0.39 is 5.56 Å². The van der Waals surface area contributed by atoms with Crippen molar-refractivity contribution in [1.82, 2.24) is 9.47 Å². The van der Waals surface area contributed by atoms with E-state index in [0.29, 0.717) is 5.69 Å². The van der Waals surface area contributed by atoms with E-state index in [1.165, 1.54) is 17.0 Å². The molecule has 0 unspecified atom stereocenters. The Morgan fingerprint density at radius 3 is 2.26 bits per heavy atom. The Bertz CT molecular complexity index is 893. The van der Waals surface area contributed by atoms with Crippen LogP contribution in [0, 0.1) is 29.6 Å². The zero-order valence-electron chi connectivity index (χ0n) is 13.1. The Hall–Kier alpha value is -3.38. The molecule has 1 heterocycles. The van der Waals surface area contributed by atoms with Crippen molar-refractivity contribution in [1.29, 1.82) is 10.5 Å². The van der Waals surface area contributed by atoms with E-state index in [-0.39, 0.29) is 16.9 Å². The lowest BCUT2D eigenvalue weighted by atomic mass is 10.1. The van der Waals surface area contributed by atoms with Gasteiger partial charge in [0, 0.05) is 14.1 Å². The molecule has 0 saturated carbocycles. The Kier molecular flexibility index (Phi) is 4.58. The van der Waals surface area contributed by atoms with Gasteiger partial charge >= 0.3 is 0 Å². The number of aryl methyl sites for hydroxylation is 1. The molecule has 114 valence electrons. The second kappa shape index (κ2) is 6.59. The van der Waals surface area contributed by atoms with Gasteiger partial charge < -0.3 is 4.90 Å². The molecule has 0 aliphatic carbocycles. The molecule has 0 spiro atoms. The van der Waals surface area contributed by atoms with Gasteiger partial charge in [-0.25, -0.2) is 4.99 Å². The van der Waals surface area contributed by atoms with E-state index in [0.717, 1.165) is 5.56 Å². The third kappa shape index (κ3) is 3.28. The molecule has 2 aromatic rings. The van der Waals surface area contributed by atoms with Gasteiger partial charge in [-0.1, -0.05) is 17.7 Å².